The summed E-state index contributed by atoms with van der Waals surface area (Å²) < 4.78 is 2.40. The van der Waals surface area contributed by atoms with Gasteiger partial charge < -0.3 is 5.11 Å². The zero-order valence-electron chi connectivity index (χ0n) is 10.1. The fourth-order valence-corrected chi connectivity index (χ4v) is 2.17. The van der Waals surface area contributed by atoms with Crippen molar-refractivity contribution in [3.05, 3.63) is 61.7 Å². The van der Waals surface area contributed by atoms with E-state index in [0.717, 1.165) is 3.57 Å². The molecule has 0 spiro atoms. The van der Waals surface area contributed by atoms with Crippen LogP contribution in [0.5, 0.6) is 5.88 Å². The summed E-state index contributed by atoms with van der Waals surface area (Å²) in [5, 5.41) is 20.2. The number of halogens is 1. The normalized spacial score (nSPS) is 15.3. The molecule has 0 radical (unpaired) electrons. The van der Waals surface area contributed by atoms with E-state index in [4.69, 9.17) is 0 Å². The number of allylic oxidation sites excluding steroid dienone is 1. The van der Waals surface area contributed by atoms with Crippen LogP contribution in [0, 0.1) is 3.57 Å². The lowest BCUT2D eigenvalue weighted by Crippen LogP contribution is -2.05. The first-order valence-electron chi connectivity index (χ1n) is 5.74. The van der Waals surface area contributed by atoms with E-state index in [1.807, 2.05) is 24.3 Å². The summed E-state index contributed by atoms with van der Waals surface area (Å²) in [6, 6.07) is 7.40. The number of aromatic nitrogens is 2. The first-order valence-corrected chi connectivity index (χ1v) is 6.82. The Morgan fingerprint density at radius 2 is 2.05 bits per heavy atom. The van der Waals surface area contributed by atoms with E-state index in [1.165, 1.54) is 17.0 Å². The zero-order chi connectivity index (χ0) is 14.1. The molecule has 0 fully saturated rings. The number of azo groups is 1. The Hall–Kier alpha value is -2.16. The van der Waals surface area contributed by atoms with Crippen LogP contribution < -0.4 is 5.56 Å². The molecule has 0 unspecified atom stereocenters. The molecular weight excluding hydrogens is 371 g/mol. The topological polar surface area (TPSA) is 82.7 Å². The molecule has 0 saturated carbocycles. The predicted molar refractivity (Wildman–Crippen MR) is 82.7 cm³/mol. The molecule has 100 valence electrons. The quantitative estimate of drug-likeness (QED) is 0.786. The van der Waals surface area contributed by atoms with Crippen molar-refractivity contribution in [1.29, 1.82) is 0 Å². The molecule has 1 aliphatic rings. The van der Waals surface area contributed by atoms with E-state index in [-0.39, 0.29) is 17.0 Å². The average molecular weight is 380 g/mol. The molecule has 0 atom stereocenters. The number of benzene rings is 1. The molecule has 2 N–H and O–H groups in total. The Morgan fingerprint density at radius 1 is 1.30 bits per heavy atom. The SMILES string of the molecule is O=c1[nH]n(-c2ccc(I)cc2)c(O)c1C=C1C=CN=N1. The summed E-state index contributed by atoms with van der Waals surface area (Å²) in [7, 11) is 0. The summed E-state index contributed by atoms with van der Waals surface area (Å²) in [5.41, 5.74) is 0.965. The van der Waals surface area contributed by atoms with Crippen molar-refractivity contribution in [2.45, 2.75) is 0 Å². The molecule has 1 aromatic heterocycles. The van der Waals surface area contributed by atoms with Crippen molar-refractivity contribution in [2.75, 3.05) is 0 Å². The minimum Gasteiger partial charge on any atom is -0.493 e. The number of nitrogens with one attached hydrogen (secondary N) is 1. The Morgan fingerprint density at radius 3 is 2.70 bits per heavy atom. The lowest BCUT2D eigenvalue weighted by molar-refractivity contribution is 0.432. The van der Waals surface area contributed by atoms with Crippen LogP contribution in [0.3, 0.4) is 0 Å². The first-order chi connectivity index (χ1) is 9.65. The molecule has 1 aromatic carbocycles. The van der Waals surface area contributed by atoms with E-state index >= 15 is 0 Å². The summed E-state index contributed by atoms with van der Waals surface area (Å²) in [6.45, 7) is 0. The number of hydrogen-bond acceptors (Lipinski definition) is 4. The second-order valence-corrected chi connectivity index (χ2v) is 5.34. The maximum Gasteiger partial charge on any atom is 0.275 e. The molecule has 0 amide bonds. The standard InChI is InChI=1S/C13H9IN4O2/c14-8-1-3-10(4-2-8)18-13(20)11(12(19)17-18)7-9-5-6-15-16-9/h1-7,20H,(H,17,19). The van der Waals surface area contributed by atoms with Crippen LogP contribution in [0.1, 0.15) is 5.56 Å². The van der Waals surface area contributed by atoms with Crippen molar-refractivity contribution in [2.24, 2.45) is 10.2 Å². The lowest BCUT2D eigenvalue weighted by Gasteiger charge is -2.03. The van der Waals surface area contributed by atoms with Gasteiger partial charge in [0.1, 0.15) is 5.56 Å². The number of rotatable bonds is 2. The van der Waals surface area contributed by atoms with E-state index in [0.29, 0.717) is 11.4 Å². The summed E-state index contributed by atoms with van der Waals surface area (Å²) >= 11 is 2.19. The van der Waals surface area contributed by atoms with Crippen molar-refractivity contribution >= 4 is 28.7 Å². The Balaban J connectivity index is 2.09. The summed E-state index contributed by atoms with van der Waals surface area (Å²) in [4.78, 5) is 11.9. The fraction of sp³-hybridized carbons (Fsp3) is 0. The number of nitrogens with zero attached hydrogens (tertiary/aromatic N) is 3. The average Bonchev–Trinajstić information content (AvgIpc) is 3.04. The first kappa shape index (κ1) is 12.9. The monoisotopic (exact) mass is 380 g/mol. The van der Waals surface area contributed by atoms with Gasteiger partial charge in [0, 0.05) is 3.57 Å². The van der Waals surface area contributed by atoms with Crippen LogP contribution in [0.2, 0.25) is 0 Å². The van der Waals surface area contributed by atoms with Crippen LogP contribution in [-0.2, 0) is 0 Å². The van der Waals surface area contributed by atoms with Gasteiger partial charge in [0.15, 0.2) is 0 Å². The van der Waals surface area contributed by atoms with Gasteiger partial charge in [-0.2, -0.15) is 10.2 Å². The highest BCUT2D eigenvalue weighted by Gasteiger charge is 2.14. The molecule has 20 heavy (non-hydrogen) atoms. The van der Waals surface area contributed by atoms with E-state index in [1.54, 1.807) is 6.08 Å². The highest BCUT2D eigenvalue weighted by atomic mass is 127. The number of hydrogen-bond donors (Lipinski definition) is 2. The number of aromatic amines is 1. The van der Waals surface area contributed by atoms with E-state index in [2.05, 4.69) is 37.9 Å². The van der Waals surface area contributed by atoms with Gasteiger partial charge in [-0.3, -0.25) is 9.89 Å². The van der Waals surface area contributed by atoms with E-state index < -0.39 is 0 Å². The van der Waals surface area contributed by atoms with Crippen LogP contribution >= 0.6 is 22.6 Å². The second-order valence-electron chi connectivity index (χ2n) is 4.09. The molecule has 2 aromatic rings. The number of aromatic hydroxyl groups is 1. The van der Waals surface area contributed by atoms with Gasteiger partial charge in [-0.15, -0.1) is 0 Å². The second kappa shape index (κ2) is 5.08. The molecule has 7 heteroatoms. The molecule has 3 rings (SSSR count). The minimum absolute atomic E-state index is 0.154. The molecule has 0 aliphatic carbocycles. The van der Waals surface area contributed by atoms with Gasteiger partial charge in [0.05, 0.1) is 17.6 Å². The Bertz CT molecular complexity index is 783. The molecule has 0 saturated heterocycles. The smallest absolute Gasteiger partial charge is 0.275 e. The summed E-state index contributed by atoms with van der Waals surface area (Å²) in [6.07, 6.45) is 4.67. The highest BCUT2D eigenvalue weighted by molar-refractivity contribution is 14.1. The summed E-state index contributed by atoms with van der Waals surface area (Å²) in [5.74, 6) is -0.154. The molecule has 0 bridgehead atoms. The zero-order valence-corrected chi connectivity index (χ0v) is 12.3. The van der Waals surface area contributed by atoms with E-state index in [9.17, 15) is 9.90 Å². The molecule has 2 heterocycles. The molecule has 1 aliphatic heterocycles. The van der Waals surface area contributed by atoms with Gasteiger partial charge in [0.25, 0.3) is 5.56 Å². The predicted octanol–water partition coefficient (Wildman–Crippen LogP) is 2.80. The lowest BCUT2D eigenvalue weighted by atomic mass is 10.2. The third kappa shape index (κ3) is 2.31. The van der Waals surface area contributed by atoms with Gasteiger partial charge >= 0.3 is 0 Å². The van der Waals surface area contributed by atoms with Crippen molar-refractivity contribution in [3.63, 3.8) is 0 Å². The van der Waals surface area contributed by atoms with Gasteiger partial charge in [-0.25, -0.2) is 4.68 Å². The van der Waals surface area contributed by atoms with Crippen LogP contribution in [0.15, 0.2) is 57.3 Å². The van der Waals surface area contributed by atoms with Crippen LogP contribution in [-0.4, -0.2) is 14.9 Å². The Labute approximate surface area is 127 Å². The largest absolute Gasteiger partial charge is 0.493 e. The van der Waals surface area contributed by atoms with Crippen LogP contribution in [0.25, 0.3) is 11.8 Å². The number of H-pyrrole nitrogens is 1. The third-order valence-corrected chi connectivity index (χ3v) is 3.49. The Kier molecular flexibility index (Phi) is 3.26. The minimum atomic E-state index is -0.385. The van der Waals surface area contributed by atoms with Crippen LogP contribution in [0.4, 0.5) is 0 Å². The maximum absolute atomic E-state index is 11.9. The molecule has 6 nitrogen and oxygen atoms in total. The van der Waals surface area contributed by atoms with Gasteiger partial charge in [0.2, 0.25) is 5.88 Å². The van der Waals surface area contributed by atoms with Crippen molar-refractivity contribution in [3.8, 4) is 11.6 Å². The van der Waals surface area contributed by atoms with Gasteiger partial charge in [-0.05, 0) is 59.0 Å². The van der Waals surface area contributed by atoms with Gasteiger partial charge in [-0.1, -0.05) is 0 Å². The molecular formula is C13H9IN4O2. The maximum atomic E-state index is 11.9. The van der Waals surface area contributed by atoms with Crippen molar-refractivity contribution < 1.29 is 5.11 Å². The van der Waals surface area contributed by atoms with Crippen molar-refractivity contribution in [1.82, 2.24) is 9.78 Å². The fourth-order valence-electron chi connectivity index (χ4n) is 1.81. The highest BCUT2D eigenvalue weighted by Crippen LogP contribution is 2.22. The third-order valence-electron chi connectivity index (χ3n) is 2.77.